The van der Waals surface area contributed by atoms with E-state index in [9.17, 15) is 13.6 Å². The number of alkyl halides is 2. The molecule has 1 aromatic carbocycles. The molecule has 0 radical (unpaired) electrons. The number of fused-ring (bicyclic) bond motifs is 9. The van der Waals surface area contributed by atoms with Gasteiger partial charge in [-0.3, -0.25) is 9.78 Å². The lowest BCUT2D eigenvalue weighted by molar-refractivity contribution is -0.0506. The first-order chi connectivity index (χ1) is 18.7. The number of nitrogens with zero attached hydrogens (tertiary/aromatic N) is 4. The summed E-state index contributed by atoms with van der Waals surface area (Å²) in [6, 6.07) is 9.47. The third kappa shape index (κ3) is 3.37. The van der Waals surface area contributed by atoms with E-state index in [4.69, 9.17) is 15.5 Å². The minimum Gasteiger partial charge on any atom is -0.434 e. The van der Waals surface area contributed by atoms with Crippen LogP contribution in [0, 0.1) is 11.7 Å². The third-order valence-electron chi connectivity index (χ3n) is 8.92. The summed E-state index contributed by atoms with van der Waals surface area (Å²) < 4.78 is 48.7. The van der Waals surface area contributed by atoms with E-state index in [-0.39, 0.29) is 29.3 Å². The molecule has 2 N–H and O–H groups in total. The molecule has 1 saturated carbocycles. The lowest BCUT2D eigenvalue weighted by Crippen LogP contribution is -2.51. The zero-order valence-electron chi connectivity index (χ0n) is 21.4. The van der Waals surface area contributed by atoms with Crippen molar-refractivity contribution >= 4 is 11.6 Å². The molecule has 200 valence electrons. The first-order valence-electron chi connectivity index (χ1n) is 13.0. The number of amides is 1. The van der Waals surface area contributed by atoms with Gasteiger partial charge in [0.1, 0.15) is 17.2 Å². The molecule has 4 heterocycles. The summed E-state index contributed by atoms with van der Waals surface area (Å²) in [7, 11) is 1.70. The Kier molecular flexibility index (Phi) is 5.13. The number of pyridine rings is 2. The Balaban J connectivity index is 1.37. The van der Waals surface area contributed by atoms with Gasteiger partial charge in [-0.2, -0.15) is 8.78 Å². The molecule has 3 aliphatic rings. The average Bonchev–Trinajstić information content (AvgIpc) is 3.44. The van der Waals surface area contributed by atoms with Gasteiger partial charge < -0.3 is 19.8 Å². The first kappa shape index (κ1) is 24.1. The van der Waals surface area contributed by atoms with Crippen LogP contribution in [0.5, 0.6) is 5.75 Å². The fraction of sp³-hybridized carbons (Fsp3) is 0.345. The topological polar surface area (TPSA) is 85.8 Å². The van der Waals surface area contributed by atoms with Gasteiger partial charge in [-0.25, -0.2) is 9.37 Å². The van der Waals surface area contributed by atoms with Crippen LogP contribution in [-0.4, -0.2) is 38.8 Å². The van der Waals surface area contributed by atoms with Gasteiger partial charge in [0.25, 0.3) is 5.91 Å². The Labute approximate surface area is 222 Å². The number of benzene rings is 1. The highest BCUT2D eigenvalue weighted by molar-refractivity contribution is 5.98. The highest BCUT2D eigenvalue weighted by Gasteiger charge is 2.46. The van der Waals surface area contributed by atoms with E-state index in [0.717, 1.165) is 17.7 Å². The summed E-state index contributed by atoms with van der Waals surface area (Å²) in [4.78, 5) is 24.2. The lowest BCUT2D eigenvalue weighted by atomic mass is 9.66. The monoisotopic (exact) mass is 533 g/mol. The van der Waals surface area contributed by atoms with Gasteiger partial charge in [-0.1, -0.05) is 13.0 Å². The zero-order valence-corrected chi connectivity index (χ0v) is 21.4. The summed E-state index contributed by atoms with van der Waals surface area (Å²) in [5.41, 5.74) is 10.2. The fourth-order valence-electron chi connectivity index (χ4n) is 6.54. The Morgan fingerprint density at radius 1 is 1.21 bits per heavy atom. The maximum absolute atomic E-state index is 15.2. The van der Waals surface area contributed by atoms with E-state index in [1.54, 1.807) is 30.3 Å². The molecule has 39 heavy (non-hydrogen) atoms. The maximum Gasteiger partial charge on any atom is 0.387 e. The maximum atomic E-state index is 15.2. The molecule has 10 heteroatoms. The van der Waals surface area contributed by atoms with Gasteiger partial charge in [0.05, 0.1) is 28.7 Å². The van der Waals surface area contributed by atoms with Crippen molar-refractivity contribution in [3.8, 4) is 16.9 Å². The van der Waals surface area contributed by atoms with Crippen LogP contribution in [-0.2, 0) is 5.54 Å². The summed E-state index contributed by atoms with van der Waals surface area (Å²) in [6.07, 6.45) is 5.62. The highest BCUT2D eigenvalue weighted by Crippen LogP contribution is 2.52. The van der Waals surface area contributed by atoms with Crippen LogP contribution in [0.25, 0.3) is 16.8 Å². The van der Waals surface area contributed by atoms with Crippen molar-refractivity contribution in [3.63, 3.8) is 0 Å². The molecule has 4 atom stereocenters. The molecule has 4 unspecified atom stereocenters. The van der Waals surface area contributed by atoms with E-state index in [1.165, 1.54) is 12.1 Å². The van der Waals surface area contributed by atoms with Crippen LogP contribution in [0.3, 0.4) is 0 Å². The SMILES string of the molecule is CC1CCC1(N)c1ncc(-c2ccc3nc4c(n3c2)C2CC4N(C)C(=O)c3cccc(OC(F)F)c32)cc1F. The number of carbonyl (C=O) groups excluding carboxylic acids is 1. The lowest BCUT2D eigenvalue weighted by Gasteiger charge is -2.44. The van der Waals surface area contributed by atoms with Crippen molar-refractivity contribution in [1.82, 2.24) is 19.3 Å². The standard InChI is InChI=1S/C29H26F3N5O2/c1-14-8-9-29(14,33)26-19(30)10-16(12-34-26)15-6-7-22-35-24-20-11-18(25(24)37(22)13-15)23-17(27(38)36(20)2)4-3-5-21(23)39-28(31)32/h3-7,10,12-14,18,20,28H,8-9,11,33H2,1-2H3. The Morgan fingerprint density at radius 3 is 2.72 bits per heavy atom. The van der Waals surface area contributed by atoms with Crippen molar-refractivity contribution in [2.24, 2.45) is 11.7 Å². The quantitative estimate of drug-likeness (QED) is 0.381. The van der Waals surface area contributed by atoms with E-state index in [1.807, 2.05) is 29.7 Å². The van der Waals surface area contributed by atoms with Gasteiger partial charge in [0.2, 0.25) is 0 Å². The second kappa shape index (κ2) is 8.29. The number of imidazole rings is 1. The smallest absolute Gasteiger partial charge is 0.387 e. The summed E-state index contributed by atoms with van der Waals surface area (Å²) in [5, 5.41) is 0. The molecule has 1 aliphatic heterocycles. The molecule has 2 bridgehead atoms. The highest BCUT2D eigenvalue weighted by atomic mass is 19.3. The largest absolute Gasteiger partial charge is 0.434 e. The zero-order chi connectivity index (χ0) is 27.2. The molecular formula is C29H26F3N5O2. The molecule has 1 fully saturated rings. The van der Waals surface area contributed by atoms with Crippen LogP contribution in [0.15, 0.2) is 48.8 Å². The molecular weight excluding hydrogens is 507 g/mol. The molecule has 4 aromatic rings. The van der Waals surface area contributed by atoms with Crippen molar-refractivity contribution in [3.05, 3.63) is 82.8 Å². The molecule has 3 aromatic heterocycles. The minimum absolute atomic E-state index is 0.0170. The summed E-state index contributed by atoms with van der Waals surface area (Å²) in [5.74, 6) is -0.959. The Morgan fingerprint density at radius 2 is 2.03 bits per heavy atom. The van der Waals surface area contributed by atoms with Crippen LogP contribution >= 0.6 is 0 Å². The van der Waals surface area contributed by atoms with Gasteiger partial charge in [-0.05, 0) is 55.5 Å². The first-order valence-corrected chi connectivity index (χ1v) is 13.0. The third-order valence-corrected chi connectivity index (χ3v) is 8.92. The van der Waals surface area contributed by atoms with Crippen molar-refractivity contribution in [2.75, 3.05) is 7.05 Å². The predicted molar refractivity (Wildman–Crippen MR) is 137 cm³/mol. The second-order valence-corrected chi connectivity index (χ2v) is 10.9. The van der Waals surface area contributed by atoms with Crippen LogP contribution < -0.4 is 10.5 Å². The number of hydrogen-bond donors (Lipinski definition) is 1. The second-order valence-electron chi connectivity index (χ2n) is 10.9. The molecule has 1 amide bonds. The van der Waals surface area contributed by atoms with Crippen molar-refractivity contribution < 1.29 is 22.7 Å². The van der Waals surface area contributed by atoms with E-state index in [2.05, 4.69) is 4.98 Å². The van der Waals surface area contributed by atoms with Gasteiger partial charge >= 0.3 is 6.61 Å². The van der Waals surface area contributed by atoms with Gasteiger partial charge in [0, 0.05) is 47.6 Å². The molecule has 0 spiro atoms. The van der Waals surface area contributed by atoms with Crippen LogP contribution in [0.1, 0.15) is 71.1 Å². The number of rotatable bonds is 4. The number of hydrogen-bond acceptors (Lipinski definition) is 5. The van der Waals surface area contributed by atoms with Crippen LogP contribution in [0.2, 0.25) is 0 Å². The summed E-state index contributed by atoms with van der Waals surface area (Å²) >= 11 is 0. The molecule has 7 nitrogen and oxygen atoms in total. The normalized spacial score (nSPS) is 25.5. The van der Waals surface area contributed by atoms with E-state index < -0.39 is 23.9 Å². The number of nitrogens with two attached hydrogens (primary N) is 1. The molecule has 0 saturated heterocycles. The Hall–Kier alpha value is -3.92. The Bertz CT molecular complexity index is 1670. The molecule has 7 rings (SSSR count). The van der Waals surface area contributed by atoms with E-state index >= 15 is 4.39 Å². The predicted octanol–water partition coefficient (Wildman–Crippen LogP) is 5.38. The minimum atomic E-state index is -3.03. The average molecular weight is 534 g/mol. The number of halogens is 3. The van der Waals surface area contributed by atoms with Crippen molar-refractivity contribution in [1.29, 1.82) is 0 Å². The number of carbonyl (C=O) groups is 1. The fourth-order valence-corrected chi connectivity index (χ4v) is 6.54. The summed E-state index contributed by atoms with van der Waals surface area (Å²) in [6.45, 7) is -1.02. The van der Waals surface area contributed by atoms with E-state index in [0.29, 0.717) is 40.9 Å². The molecule has 2 aliphatic carbocycles. The number of aromatic nitrogens is 3. The van der Waals surface area contributed by atoms with Crippen molar-refractivity contribution in [2.45, 2.75) is 50.3 Å². The van der Waals surface area contributed by atoms with Gasteiger partial charge in [-0.15, -0.1) is 0 Å². The van der Waals surface area contributed by atoms with Crippen LogP contribution in [0.4, 0.5) is 13.2 Å². The number of ether oxygens (including phenoxy) is 1. The van der Waals surface area contributed by atoms with Gasteiger partial charge in [0.15, 0.2) is 0 Å².